The highest BCUT2D eigenvalue weighted by molar-refractivity contribution is 5.80. The number of rotatable bonds is 3. The van der Waals surface area contributed by atoms with Gasteiger partial charge in [-0.1, -0.05) is 26.7 Å². The molecule has 1 aliphatic carbocycles. The Bertz CT molecular complexity index is 259. The van der Waals surface area contributed by atoms with Gasteiger partial charge in [-0.15, -0.1) is 0 Å². The van der Waals surface area contributed by atoms with Crippen molar-refractivity contribution in [2.45, 2.75) is 58.9 Å². The number of aliphatic hydroxyl groups is 1. The number of hydrogen-bond donors (Lipinski definition) is 2. The van der Waals surface area contributed by atoms with E-state index in [1.54, 1.807) is 0 Å². The Morgan fingerprint density at radius 1 is 1.44 bits per heavy atom. The van der Waals surface area contributed by atoms with Gasteiger partial charge in [0, 0.05) is 5.92 Å². The molecule has 0 saturated heterocycles. The number of carbonyl (C=O) groups excluding carboxylic acids is 1. The zero-order valence-electron chi connectivity index (χ0n) is 11.0. The lowest BCUT2D eigenvalue weighted by molar-refractivity contribution is -0.132. The lowest BCUT2D eigenvalue weighted by Crippen LogP contribution is -2.51. The van der Waals surface area contributed by atoms with Crippen molar-refractivity contribution in [3.8, 4) is 0 Å². The van der Waals surface area contributed by atoms with E-state index >= 15 is 0 Å². The van der Waals surface area contributed by atoms with Gasteiger partial charge in [-0.3, -0.25) is 4.79 Å². The van der Waals surface area contributed by atoms with Crippen LogP contribution in [-0.2, 0) is 4.79 Å². The van der Waals surface area contributed by atoms with Gasteiger partial charge < -0.3 is 10.4 Å². The summed E-state index contributed by atoms with van der Waals surface area (Å²) in [6.07, 6.45) is 4.45. The maximum atomic E-state index is 12.2. The Labute approximate surface area is 98.6 Å². The summed E-state index contributed by atoms with van der Waals surface area (Å²) in [7, 11) is 0. The Hall–Kier alpha value is -0.570. The van der Waals surface area contributed by atoms with Crippen molar-refractivity contribution in [2.75, 3.05) is 6.61 Å². The summed E-state index contributed by atoms with van der Waals surface area (Å²) in [5.41, 5.74) is -0.418. The number of amides is 1. The summed E-state index contributed by atoms with van der Waals surface area (Å²) in [4.78, 5) is 12.2. The summed E-state index contributed by atoms with van der Waals surface area (Å²) in [6, 6.07) is 0. The number of aliphatic hydroxyl groups excluding tert-OH is 1. The van der Waals surface area contributed by atoms with Gasteiger partial charge in [0.25, 0.3) is 0 Å². The average Bonchev–Trinajstić information content (AvgIpc) is 2.16. The van der Waals surface area contributed by atoms with E-state index in [9.17, 15) is 4.79 Å². The quantitative estimate of drug-likeness (QED) is 0.775. The van der Waals surface area contributed by atoms with Crippen LogP contribution in [0.5, 0.6) is 0 Å². The van der Waals surface area contributed by atoms with Gasteiger partial charge in [0.05, 0.1) is 12.1 Å². The fourth-order valence-electron chi connectivity index (χ4n) is 2.44. The molecule has 1 amide bonds. The molecule has 3 nitrogen and oxygen atoms in total. The first-order valence-electron chi connectivity index (χ1n) is 6.21. The zero-order chi connectivity index (χ0) is 12.4. The van der Waals surface area contributed by atoms with Crippen molar-refractivity contribution in [3.05, 3.63) is 0 Å². The van der Waals surface area contributed by atoms with E-state index in [0.29, 0.717) is 0 Å². The molecule has 16 heavy (non-hydrogen) atoms. The molecule has 1 fully saturated rings. The Balaban J connectivity index is 2.66. The molecular formula is C13H25NO2. The van der Waals surface area contributed by atoms with Crippen molar-refractivity contribution in [2.24, 2.45) is 11.3 Å². The van der Waals surface area contributed by atoms with Crippen molar-refractivity contribution in [1.29, 1.82) is 0 Å². The molecule has 3 heteroatoms. The minimum absolute atomic E-state index is 0.0219. The number of hydrogen-bond acceptors (Lipinski definition) is 2. The predicted octanol–water partition coefficient (Wildman–Crippen LogP) is 2.09. The van der Waals surface area contributed by atoms with Crippen LogP contribution in [0.2, 0.25) is 0 Å². The Morgan fingerprint density at radius 2 is 2.06 bits per heavy atom. The van der Waals surface area contributed by atoms with Gasteiger partial charge in [-0.05, 0) is 32.1 Å². The smallest absolute Gasteiger partial charge is 0.224 e. The van der Waals surface area contributed by atoms with E-state index in [1.807, 2.05) is 13.8 Å². The molecule has 0 aromatic carbocycles. The molecule has 0 aromatic rings. The summed E-state index contributed by atoms with van der Waals surface area (Å²) in [5.74, 6) is 0.191. The minimum atomic E-state index is -0.509. The van der Waals surface area contributed by atoms with Crippen LogP contribution in [0.25, 0.3) is 0 Å². The van der Waals surface area contributed by atoms with Crippen LogP contribution in [-0.4, -0.2) is 23.2 Å². The summed E-state index contributed by atoms with van der Waals surface area (Å²) in [5, 5.41) is 12.1. The highest BCUT2D eigenvalue weighted by atomic mass is 16.3. The first kappa shape index (κ1) is 13.5. The molecule has 0 heterocycles. The van der Waals surface area contributed by atoms with E-state index < -0.39 is 5.54 Å². The van der Waals surface area contributed by atoms with E-state index in [0.717, 1.165) is 19.3 Å². The van der Waals surface area contributed by atoms with Crippen LogP contribution >= 0.6 is 0 Å². The first-order chi connectivity index (χ1) is 7.28. The second kappa shape index (κ2) is 4.74. The third-order valence-electron chi connectivity index (χ3n) is 3.68. The monoisotopic (exact) mass is 227 g/mol. The van der Waals surface area contributed by atoms with Crippen LogP contribution in [0.1, 0.15) is 53.4 Å². The van der Waals surface area contributed by atoms with Crippen LogP contribution in [0.4, 0.5) is 0 Å². The molecule has 0 spiro atoms. The van der Waals surface area contributed by atoms with Gasteiger partial charge in [-0.25, -0.2) is 0 Å². The first-order valence-corrected chi connectivity index (χ1v) is 6.21. The SMILES string of the molecule is CC(C)(CO)NC(=O)C1CCCCC1(C)C. The Morgan fingerprint density at radius 3 is 2.56 bits per heavy atom. The molecule has 1 saturated carbocycles. The van der Waals surface area contributed by atoms with E-state index in [4.69, 9.17) is 5.11 Å². The van der Waals surface area contributed by atoms with Gasteiger partial charge in [0.2, 0.25) is 5.91 Å². The maximum Gasteiger partial charge on any atom is 0.224 e. The fraction of sp³-hybridized carbons (Fsp3) is 0.923. The van der Waals surface area contributed by atoms with E-state index in [-0.39, 0.29) is 23.8 Å². The molecule has 1 unspecified atom stereocenters. The van der Waals surface area contributed by atoms with Crippen molar-refractivity contribution in [1.82, 2.24) is 5.32 Å². The highest BCUT2D eigenvalue weighted by Crippen LogP contribution is 2.40. The van der Waals surface area contributed by atoms with Gasteiger partial charge in [-0.2, -0.15) is 0 Å². The van der Waals surface area contributed by atoms with E-state index in [2.05, 4.69) is 19.2 Å². The second-order valence-corrected chi connectivity index (χ2v) is 6.32. The third kappa shape index (κ3) is 3.21. The second-order valence-electron chi connectivity index (χ2n) is 6.32. The van der Waals surface area contributed by atoms with Crippen molar-refractivity contribution >= 4 is 5.91 Å². The summed E-state index contributed by atoms with van der Waals surface area (Å²) < 4.78 is 0. The molecule has 0 aliphatic heterocycles. The number of carbonyl (C=O) groups is 1. The Kier molecular flexibility index (Phi) is 4.00. The molecule has 1 aliphatic rings. The molecule has 94 valence electrons. The molecular weight excluding hydrogens is 202 g/mol. The predicted molar refractivity (Wildman–Crippen MR) is 65.0 cm³/mol. The zero-order valence-corrected chi connectivity index (χ0v) is 11.0. The van der Waals surface area contributed by atoms with Gasteiger partial charge in [0.15, 0.2) is 0 Å². The fourth-order valence-corrected chi connectivity index (χ4v) is 2.44. The maximum absolute atomic E-state index is 12.2. The standard InChI is InChI=1S/C13H25NO2/c1-12(2)8-6-5-7-10(12)11(16)14-13(3,4)9-15/h10,15H,5-9H2,1-4H3,(H,14,16). The molecule has 1 atom stereocenters. The molecule has 0 aromatic heterocycles. The largest absolute Gasteiger partial charge is 0.394 e. The van der Waals surface area contributed by atoms with Crippen LogP contribution < -0.4 is 5.32 Å². The average molecular weight is 227 g/mol. The van der Waals surface area contributed by atoms with Gasteiger partial charge >= 0.3 is 0 Å². The summed E-state index contributed by atoms with van der Waals surface area (Å²) >= 11 is 0. The van der Waals surface area contributed by atoms with Crippen LogP contribution in [0.3, 0.4) is 0 Å². The molecule has 2 N–H and O–H groups in total. The molecule has 1 rings (SSSR count). The normalized spacial score (nSPS) is 25.2. The van der Waals surface area contributed by atoms with Crippen LogP contribution in [0.15, 0.2) is 0 Å². The molecule has 0 bridgehead atoms. The van der Waals surface area contributed by atoms with Gasteiger partial charge in [0.1, 0.15) is 0 Å². The topological polar surface area (TPSA) is 49.3 Å². The highest BCUT2D eigenvalue weighted by Gasteiger charge is 2.38. The lowest BCUT2D eigenvalue weighted by Gasteiger charge is -2.39. The number of nitrogens with one attached hydrogen (secondary N) is 1. The third-order valence-corrected chi connectivity index (χ3v) is 3.68. The van der Waals surface area contributed by atoms with Crippen molar-refractivity contribution < 1.29 is 9.90 Å². The summed E-state index contributed by atoms with van der Waals surface area (Å²) in [6.45, 7) is 8.01. The van der Waals surface area contributed by atoms with Crippen LogP contribution in [0, 0.1) is 11.3 Å². The molecule has 0 radical (unpaired) electrons. The van der Waals surface area contributed by atoms with Crippen molar-refractivity contribution in [3.63, 3.8) is 0 Å². The lowest BCUT2D eigenvalue weighted by atomic mass is 9.68. The minimum Gasteiger partial charge on any atom is -0.394 e. The van der Waals surface area contributed by atoms with E-state index in [1.165, 1.54) is 6.42 Å².